The third kappa shape index (κ3) is 2.62. The zero-order valence-corrected chi connectivity index (χ0v) is 11.7. The van der Waals surface area contributed by atoms with Crippen LogP contribution < -0.4 is 5.32 Å². The molecule has 0 amide bonds. The van der Waals surface area contributed by atoms with E-state index in [9.17, 15) is 0 Å². The second-order valence-corrected chi connectivity index (χ2v) is 5.42. The van der Waals surface area contributed by atoms with Gasteiger partial charge in [0, 0.05) is 23.4 Å². The lowest BCUT2D eigenvalue weighted by Gasteiger charge is -2.02. The van der Waals surface area contributed by atoms with Gasteiger partial charge >= 0.3 is 0 Å². The number of hydrogen-bond acceptors (Lipinski definition) is 3. The van der Waals surface area contributed by atoms with Crippen LogP contribution in [0, 0.1) is 0 Å². The van der Waals surface area contributed by atoms with Crippen molar-refractivity contribution < 1.29 is 4.42 Å². The monoisotopic (exact) mass is 279 g/mol. The molecule has 4 rings (SSSR count). The van der Waals surface area contributed by atoms with Crippen molar-refractivity contribution in [3.63, 3.8) is 0 Å². The summed E-state index contributed by atoms with van der Waals surface area (Å²) in [6, 6.07) is 12.8. The smallest absolute Gasteiger partial charge is 0.125 e. The predicted molar refractivity (Wildman–Crippen MR) is 81.1 cm³/mol. The predicted octanol–water partition coefficient (Wildman–Crippen LogP) is 3.38. The van der Waals surface area contributed by atoms with Gasteiger partial charge in [-0.05, 0) is 31.0 Å². The highest BCUT2D eigenvalue weighted by molar-refractivity contribution is 5.64. The second-order valence-electron chi connectivity index (χ2n) is 5.42. The number of aromatic nitrogens is 2. The molecule has 4 heteroatoms. The van der Waals surface area contributed by atoms with Crippen LogP contribution in [0.4, 0.5) is 0 Å². The number of furan rings is 1. The number of hydrogen-bond donors (Lipinski definition) is 1. The molecule has 1 aromatic carbocycles. The van der Waals surface area contributed by atoms with Crippen molar-refractivity contribution in [3.05, 3.63) is 60.8 Å². The summed E-state index contributed by atoms with van der Waals surface area (Å²) in [4.78, 5) is 0. The topological polar surface area (TPSA) is 43.0 Å². The first-order chi connectivity index (χ1) is 10.4. The van der Waals surface area contributed by atoms with Gasteiger partial charge in [-0.1, -0.05) is 18.2 Å². The third-order valence-electron chi connectivity index (χ3n) is 3.79. The molecule has 1 aliphatic rings. The van der Waals surface area contributed by atoms with E-state index in [-0.39, 0.29) is 0 Å². The van der Waals surface area contributed by atoms with Crippen LogP contribution in [0.1, 0.15) is 18.6 Å². The fourth-order valence-corrected chi connectivity index (χ4v) is 2.44. The summed E-state index contributed by atoms with van der Waals surface area (Å²) in [6.45, 7) is 0.781. The van der Waals surface area contributed by atoms with E-state index in [0.29, 0.717) is 6.04 Å². The molecule has 2 heterocycles. The maximum absolute atomic E-state index is 5.61. The van der Waals surface area contributed by atoms with E-state index in [1.165, 1.54) is 12.8 Å². The van der Waals surface area contributed by atoms with E-state index in [1.54, 1.807) is 6.26 Å². The Hall–Kier alpha value is -2.33. The van der Waals surface area contributed by atoms with Crippen LogP contribution in [0.15, 0.2) is 59.5 Å². The van der Waals surface area contributed by atoms with Crippen molar-refractivity contribution in [1.29, 1.82) is 0 Å². The highest BCUT2D eigenvalue weighted by Gasteiger charge is 2.21. The van der Waals surface area contributed by atoms with Gasteiger partial charge in [-0.2, -0.15) is 5.10 Å². The van der Waals surface area contributed by atoms with Crippen molar-refractivity contribution in [2.75, 3.05) is 0 Å². The van der Waals surface area contributed by atoms with Gasteiger partial charge in [0.15, 0.2) is 0 Å². The van der Waals surface area contributed by atoms with Gasteiger partial charge in [0.05, 0.1) is 24.7 Å². The quantitative estimate of drug-likeness (QED) is 0.778. The normalized spacial score (nSPS) is 14.5. The van der Waals surface area contributed by atoms with E-state index in [4.69, 9.17) is 4.42 Å². The third-order valence-corrected chi connectivity index (χ3v) is 3.79. The van der Waals surface area contributed by atoms with E-state index in [2.05, 4.69) is 10.4 Å². The lowest BCUT2D eigenvalue weighted by molar-refractivity contribution is 0.483. The van der Waals surface area contributed by atoms with E-state index >= 15 is 0 Å². The number of rotatable bonds is 5. The highest BCUT2D eigenvalue weighted by Crippen LogP contribution is 2.27. The molecule has 3 aromatic rings. The van der Waals surface area contributed by atoms with Crippen molar-refractivity contribution in [2.45, 2.75) is 25.4 Å². The van der Waals surface area contributed by atoms with Crippen LogP contribution in [0.3, 0.4) is 0 Å². The largest absolute Gasteiger partial charge is 0.467 e. The fourth-order valence-electron chi connectivity index (χ4n) is 2.44. The van der Waals surface area contributed by atoms with Gasteiger partial charge in [0.2, 0.25) is 0 Å². The zero-order valence-electron chi connectivity index (χ0n) is 11.7. The Morgan fingerprint density at radius 1 is 1.19 bits per heavy atom. The summed E-state index contributed by atoms with van der Waals surface area (Å²) < 4.78 is 7.50. The van der Waals surface area contributed by atoms with Crippen LogP contribution >= 0.6 is 0 Å². The van der Waals surface area contributed by atoms with Crippen molar-refractivity contribution >= 4 is 0 Å². The minimum absolute atomic E-state index is 0.676. The van der Waals surface area contributed by atoms with Gasteiger partial charge in [-0.15, -0.1) is 0 Å². The molecule has 0 radical (unpaired) electrons. The Bertz CT molecular complexity index is 725. The maximum Gasteiger partial charge on any atom is 0.125 e. The van der Waals surface area contributed by atoms with Crippen LogP contribution in [-0.4, -0.2) is 15.8 Å². The molecule has 0 bridgehead atoms. The molecule has 1 N–H and O–H groups in total. The van der Waals surface area contributed by atoms with Gasteiger partial charge in [-0.3, -0.25) is 0 Å². The standard InChI is InChI=1S/C17H17N3O/c1-2-4-15(5-3-1)20-12-13(10-19-20)16-8-9-21-17(16)11-18-14-6-7-14/h1-5,8-10,12,14,18H,6-7,11H2. The van der Waals surface area contributed by atoms with Gasteiger partial charge in [0.1, 0.15) is 5.76 Å². The number of nitrogens with one attached hydrogen (secondary N) is 1. The Morgan fingerprint density at radius 3 is 2.86 bits per heavy atom. The van der Waals surface area contributed by atoms with E-state index < -0.39 is 0 Å². The minimum atomic E-state index is 0.676. The molecule has 106 valence electrons. The van der Waals surface area contributed by atoms with Crippen LogP contribution in [-0.2, 0) is 6.54 Å². The summed E-state index contributed by atoms with van der Waals surface area (Å²) in [5.41, 5.74) is 3.26. The molecular weight excluding hydrogens is 262 g/mol. The molecule has 0 spiro atoms. The summed E-state index contributed by atoms with van der Waals surface area (Å²) in [5.74, 6) is 0.981. The minimum Gasteiger partial charge on any atom is -0.467 e. The van der Waals surface area contributed by atoms with Gasteiger partial charge in [0.25, 0.3) is 0 Å². The molecule has 2 aromatic heterocycles. The first kappa shape index (κ1) is 12.4. The molecular formula is C17H17N3O. The highest BCUT2D eigenvalue weighted by atomic mass is 16.3. The SMILES string of the molecule is c1ccc(-n2cc(-c3ccoc3CNC3CC3)cn2)cc1. The Balaban J connectivity index is 1.59. The maximum atomic E-state index is 5.61. The Morgan fingerprint density at radius 2 is 2.05 bits per heavy atom. The molecule has 0 atom stereocenters. The van der Waals surface area contributed by atoms with Gasteiger partial charge in [-0.25, -0.2) is 4.68 Å². The average molecular weight is 279 g/mol. The second kappa shape index (κ2) is 5.22. The van der Waals surface area contributed by atoms with Crippen LogP contribution in [0.2, 0.25) is 0 Å². The Labute approximate surface area is 123 Å². The van der Waals surface area contributed by atoms with E-state index in [1.807, 2.05) is 53.5 Å². The van der Waals surface area contributed by atoms with Crippen molar-refractivity contribution in [3.8, 4) is 16.8 Å². The molecule has 1 aliphatic carbocycles. The average Bonchev–Trinajstić information content (AvgIpc) is 3.03. The molecule has 1 fully saturated rings. The van der Waals surface area contributed by atoms with Gasteiger partial charge < -0.3 is 9.73 Å². The molecule has 4 nitrogen and oxygen atoms in total. The lowest BCUT2D eigenvalue weighted by atomic mass is 10.1. The van der Waals surface area contributed by atoms with Crippen LogP contribution in [0.25, 0.3) is 16.8 Å². The Kier molecular flexibility index (Phi) is 3.09. The number of nitrogens with zero attached hydrogens (tertiary/aromatic N) is 2. The molecule has 1 saturated carbocycles. The van der Waals surface area contributed by atoms with Crippen molar-refractivity contribution in [2.24, 2.45) is 0 Å². The molecule has 0 aliphatic heterocycles. The summed E-state index contributed by atoms with van der Waals surface area (Å²) in [5, 5.41) is 7.93. The number of benzene rings is 1. The first-order valence-electron chi connectivity index (χ1n) is 7.30. The van der Waals surface area contributed by atoms with E-state index in [0.717, 1.165) is 29.1 Å². The van der Waals surface area contributed by atoms with Crippen molar-refractivity contribution in [1.82, 2.24) is 15.1 Å². The number of para-hydroxylation sites is 1. The summed E-state index contributed by atoms with van der Waals surface area (Å²) >= 11 is 0. The molecule has 0 unspecified atom stereocenters. The summed E-state index contributed by atoms with van der Waals surface area (Å²) in [6.07, 6.45) is 8.24. The molecule has 21 heavy (non-hydrogen) atoms. The lowest BCUT2D eigenvalue weighted by Crippen LogP contribution is -2.15. The first-order valence-corrected chi connectivity index (χ1v) is 7.30. The van der Waals surface area contributed by atoms with Crippen LogP contribution in [0.5, 0.6) is 0 Å². The fraction of sp³-hybridized carbons (Fsp3) is 0.235. The summed E-state index contributed by atoms with van der Waals surface area (Å²) in [7, 11) is 0. The zero-order chi connectivity index (χ0) is 14.1. The molecule has 0 saturated heterocycles.